The van der Waals surface area contributed by atoms with Crippen LogP contribution in [0.2, 0.25) is 0 Å². The molecule has 90 valence electrons. The molecule has 16 heavy (non-hydrogen) atoms. The zero-order valence-electron chi connectivity index (χ0n) is 11.0. The fraction of sp³-hybridized carbons (Fsp3) is 0.800. The van der Waals surface area contributed by atoms with E-state index in [1.54, 1.807) is 5.57 Å². The van der Waals surface area contributed by atoms with Gasteiger partial charge < -0.3 is 0 Å². The highest BCUT2D eigenvalue weighted by molar-refractivity contribution is 5.80. The first-order chi connectivity index (χ1) is 7.45. The maximum Gasteiger partial charge on any atom is 0.135 e. The van der Waals surface area contributed by atoms with E-state index in [9.17, 15) is 4.79 Å². The van der Waals surface area contributed by atoms with Gasteiger partial charge in [0.25, 0.3) is 0 Å². The lowest BCUT2D eigenvalue weighted by Gasteiger charge is -2.58. The molecule has 0 aromatic carbocycles. The molecule has 0 aliphatic heterocycles. The average molecular weight is 220 g/mol. The monoisotopic (exact) mass is 220 g/mol. The first-order valence-electron chi connectivity index (χ1n) is 6.64. The number of fused-ring (bicyclic) bond motifs is 1. The normalized spacial score (nSPS) is 36.9. The van der Waals surface area contributed by atoms with Gasteiger partial charge in [-0.15, -0.1) is 0 Å². The molecular weight excluding hydrogens is 196 g/mol. The van der Waals surface area contributed by atoms with Gasteiger partial charge in [0.2, 0.25) is 0 Å². The molecular formula is C15H24O. The Morgan fingerprint density at radius 2 is 2.25 bits per heavy atom. The zero-order chi connectivity index (χ0) is 11.9. The van der Waals surface area contributed by atoms with E-state index in [0.717, 1.165) is 24.7 Å². The molecule has 1 nitrogen and oxygen atoms in total. The molecule has 0 unspecified atom stereocenters. The van der Waals surface area contributed by atoms with E-state index < -0.39 is 0 Å². The van der Waals surface area contributed by atoms with Gasteiger partial charge >= 0.3 is 0 Å². The largest absolute Gasteiger partial charge is 0.299 e. The molecule has 1 fully saturated rings. The first kappa shape index (κ1) is 11.9. The van der Waals surface area contributed by atoms with Crippen LogP contribution < -0.4 is 0 Å². The Kier molecular flexibility index (Phi) is 2.98. The SMILES string of the molecule is CC1=CC[C@H]2C[C@@H]1[C@]2(C)CCC(=O)C(C)C. The smallest absolute Gasteiger partial charge is 0.135 e. The second kappa shape index (κ2) is 4.01. The lowest BCUT2D eigenvalue weighted by Crippen LogP contribution is -2.50. The van der Waals surface area contributed by atoms with E-state index in [4.69, 9.17) is 0 Å². The molecule has 1 saturated carbocycles. The van der Waals surface area contributed by atoms with Crippen LogP contribution in [-0.2, 0) is 4.79 Å². The summed E-state index contributed by atoms with van der Waals surface area (Å²) in [5, 5.41) is 0. The van der Waals surface area contributed by atoms with Gasteiger partial charge in [-0.3, -0.25) is 4.79 Å². The summed E-state index contributed by atoms with van der Waals surface area (Å²) in [4.78, 5) is 11.7. The lowest BCUT2D eigenvalue weighted by molar-refractivity contribution is -0.124. The topological polar surface area (TPSA) is 17.1 Å². The van der Waals surface area contributed by atoms with Crippen molar-refractivity contribution in [3.63, 3.8) is 0 Å². The number of allylic oxidation sites excluding steroid dienone is 2. The molecule has 3 rings (SSSR count). The van der Waals surface area contributed by atoms with E-state index >= 15 is 0 Å². The molecule has 0 saturated heterocycles. The number of ketones is 1. The average Bonchev–Trinajstić information content (AvgIpc) is 2.24. The minimum atomic E-state index is 0.208. The van der Waals surface area contributed by atoms with E-state index in [-0.39, 0.29) is 5.92 Å². The second-order valence-corrected chi connectivity index (χ2v) is 6.30. The number of hydrogen-bond acceptors (Lipinski definition) is 1. The van der Waals surface area contributed by atoms with Crippen molar-refractivity contribution in [3.05, 3.63) is 11.6 Å². The predicted octanol–water partition coefficient (Wildman–Crippen LogP) is 3.98. The predicted molar refractivity (Wildman–Crippen MR) is 67.2 cm³/mol. The van der Waals surface area contributed by atoms with Crippen LogP contribution in [0.5, 0.6) is 0 Å². The fourth-order valence-corrected chi connectivity index (χ4v) is 3.55. The van der Waals surface area contributed by atoms with Gasteiger partial charge in [0.15, 0.2) is 0 Å². The Morgan fingerprint density at radius 3 is 2.75 bits per heavy atom. The van der Waals surface area contributed by atoms with Gasteiger partial charge in [-0.2, -0.15) is 0 Å². The summed E-state index contributed by atoms with van der Waals surface area (Å²) in [6, 6.07) is 0. The van der Waals surface area contributed by atoms with Crippen molar-refractivity contribution in [1.82, 2.24) is 0 Å². The van der Waals surface area contributed by atoms with Crippen molar-refractivity contribution in [2.45, 2.75) is 53.4 Å². The third-order valence-electron chi connectivity index (χ3n) is 5.08. The van der Waals surface area contributed by atoms with Gasteiger partial charge in [-0.25, -0.2) is 0 Å². The standard InChI is InChI=1S/C15H24O/c1-10(2)14(16)7-8-15(4)12-6-5-11(3)13(15)9-12/h5,10,12-13H,6-9H2,1-4H3/t12-,13-,15+/m0/s1. The molecule has 0 spiro atoms. The lowest BCUT2D eigenvalue weighted by atomic mass is 9.46. The minimum Gasteiger partial charge on any atom is -0.299 e. The third kappa shape index (κ3) is 1.74. The van der Waals surface area contributed by atoms with Crippen LogP contribution in [0.25, 0.3) is 0 Å². The van der Waals surface area contributed by atoms with Crippen molar-refractivity contribution >= 4 is 5.78 Å². The van der Waals surface area contributed by atoms with Gasteiger partial charge in [0.1, 0.15) is 5.78 Å². The van der Waals surface area contributed by atoms with Crippen molar-refractivity contribution in [2.75, 3.05) is 0 Å². The molecule has 2 bridgehead atoms. The van der Waals surface area contributed by atoms with E-state index in [1.807, 2.05) is 13.8 Å². The molecule has 3 aliphatic carbocycles. The highest BCUT2D eigenvalue weighted by atomic mass is 16.1. The third-order valence-corrected chi connectivity index (χ3v) is 5.08. The number of Topliss-reactive ketones (excluding diaryl/α,β-unsaturated/α-hetero) is 1. The van der Waals surface area contributed by atoms with Crippen LogP contribution in [0.3, 0.4) is 0 Å². The number of carbonyl (C=O) groups is 1. The molecule has 0 radical (unpaired) electrons. The summed E-state index contributed by atoms with van der Waals surface area (Å²) >= 11 is 0. The molecule has 3 atom stereocenters. The fourth-order valence-electron chi connectivity index (χ4n) is 3.55. The van der Waals surface area contributed by atoms with Gasteiger partial charge in [-0.1, -0.05) is 32.4 Å². The molecule has 0 N–H and O–H groups in total. The number of hydrogen-bond donors (Lipinski definition) is 0. The van der Waals surface area contributed by atoms with Crippen molar-refractivity contribution in [1.29, 1.82) is 0 Å². The van der Waals surface area contributed by atoms with Crippen molar-refractivity contribution < 1.29 is 4.79 Å². The summed E-state index contributed by atoms with van der Waals surface area (Å²) < 4.78 is 0. The van der Waals surface area contributed by atoms with Gasteiger partial charge in [0.05, 0.1) is 0 Å². The number of carbonyl (C=O) groups excluding carboxylic acids is 1. The van der Waals surface area contributed by atoms with Crippen LogP contribution >= 0.6 is 0 Å². The quantitative estimate of drug-likeness (QED) is 0.655. The summed E-state index contributed by atoms with van der Waals surface area (Å²) in [7, 11) is 0. The van der Waals surface area contributed by atoms with E-state index in [2.05, 4.69) is 19.9 Å². The maximum atomic E-state index is 11.7. The number of rotatable bonds is 4. The molecule has 0 amide bonds. The Morgan fingerprint density at radius 1 is 1.56 bits per heavy atom. The van der Waals surface area contributed by atoms with Crippen molar-refractivity contribution in [3.8, 4) is 0 Å². The minimum absolute atomic E-state index is 0.208. The summed E-state index contributed by atoms with van der Waals surface area (Å²) in [5.41, 5.74) is 2.01. The highest BCUT2D eigenvalue weighted by Gasteiger charge is 2.52. The van der Waals surface area contributed by atoms with E-state index in [0.29, 0.717) is 11.2 Å². The Labute approximate surface area is 99.3 Å². The summed E-state index contributed by atoms with van der Waals surface area (Å²) in [6.07, 6.45) is 6.91. The summed E-state index contributed by atoms with van der Waals surface area (Å²) in [5.74, 6) is 2.26. The van der Waals surface area contributed by atoms with Crippen LogP contribution in [0.15, 0.2) is 11.6 Å². The Balaban J connectivity index is 1.96. The Bertz CT molecular complexity index is 326. The van der Waals surface area contributed by atoms with Crippen LogP contribution in [0, 0.1) is 23.2 Å². The maximum absolute atomic E-state index is 11.7. The molecule has 0 aromatic heterocycles. The molecule has 0 aromatic rings. The molecule has 3 aliphatic rings. The van der Waals surface area contributed by atoms with Crippen LogP contribution in [-0.4, -0.2) is 5.78 Å². The first-order valence-corrected chi connectivity index (χ1v) is 6.64. The zero-order valence-corrected chi connectivity index (χ0v) is 11.0. The highest BCUT2D eigenvalue weighted by Crippen LogP contribution is 2.61. The van der Waals surface area contributed by atoms with E-state index in [1.165, 1.54) is 12.8 Å². The van der Waals surface area contributed by atoms with Gasteiger partial charge in [-0.05, 0) is 43.4 Å². The molecule has 1 heteroatoms. The van der Waals surface area contributed by atoms with Crippen LogP contribution in [0.4, 0.5) is 0 Å². The summed E-state index contributed by atoms with van der Waals surface area (Å²) in [6.45, 7) is 8.69. The Hall–Kier alpha value is -0.590. The van der Waals surface area contributed by atoms with Crippen LogP contribution in [0.1, 0.15) is 53.4 Å². The molecule has 0 heterocycles. The second-order valence-electron chi connectivity index (χ2n) is 6.30. The van der Waals surface area contributed by atoms with Crippen molar-refractivity contribution in [2.24, 2.45) is 23.2 Å². The van der Waals surface area contributed by atoms with Gasteiger partial charge in [0, 0.05) is 12.3 Å².